The molecule has 2 aliphatic heterocycles. The van der Waals surface area contributed by atoms with Crippen molar-refractivity contribution in [1.82, 2.24) is 15.1 Å². The summed E-state index contributed by atoms with van der Waals surface area (Å²) in [7, 11) is 1.86. The molecule has 1 fully saturated rings. The standard InChI is InChI=1S/C36H41N3O4/c1-4-33(41)30-12-8-9-13-34(30)43-21-19-27-14-16-28(17-15-27)31-22-29-23-39(25(2)40)24-32(37-29)35(31)36(42)38(3)20-18-26-10-6-5-7-11-26/h5-17,29,32,37H,4,18-24H2,1-3H3/t29?,32-/m1/s1. The Hall–Kier alpha value is -4.23. The van der Waals surface area contributed by atoms with Gasteiger partial charge in [0.05, 0.1) is 18.2 Å². The monoisotopic (exact) mass is 579 g/mol. The third-order valence-electron chi connectivity index (χ3n) is 8.47. The van der Waals surface area contributed by atoms with Crippen LogP contribution in [0.25, 0.3) is 5.57 Å². The maximum atomic E-state index is 14.0. The first-order chi connectivity index (χ1) is 20.8. The first kappa shape index (κ1) is 30.2. The van der Waals surface area contributed by atoms with Gasteiger partial charge in [-0.15, -0.1) is 0 Å². The van der Waals surface area contributed by atoms with Gasteiger partial charge in [-0.2, -0.15) is 0 Å². The lowest BCUT2D eigenvalue weighted by molar-refractivity contribution is -0.132. The zero-order valence-corrected chi connectivity index (χ0v) is 25.3. The summed E-state index contributed by atoms with van der Waals surface area (Å²) < 4.78 is 6.00. The third kappa shape index (κ3) is 7.23. The van der Waals surface area contributed by atoms with E-state index in [9.17, 15) is 14.4 Å². The van der Waals surface area contributed by atoms with Gasteiger partial charge in [0.15, 0.2) is 5.78 Å². The normalized spacial score (nSPS) is 17.9. The number of amides is 2. The van der Waals surface area contributed by atoms with Gasteiger partial charge in [-0.1, -0.05) is 73.7 Å². The van der Waals surface area contributed by atoms with Gasteiger partial charge in [0.25, 0.3) is 5.91 Å². The number of benzene rings is 3. The summed E-state index contributed by atoms with van der Waals surface area (Å²) in [6.45, 7) is 5.64. The number of nitrogens with zero attached hydrogens (tertiary/aromatic N) is 2. The Morgan fingerprint density at radius 3 is 2.33 bits per heavy atom. The van der Waals surface area contributed by atoms with Crippen molar-refractivity contribution in [3.05, 3.63) is 107 Å². The van der Waals surface area contributed by atoms with Crippen LogP contribution in [0.3, 0.4) is 0 Å². The smallest absolute Gasteiger partial charge is 0.251 e. The highest BCUT2D eigenvalue weighted by molar-refractivity contribution is 6.03. The van der Waals surface area contributed by atoms with Crippen LogP contribution in [0.2, 0.25) is 0 Å². The van der Waals surface area contributed by atoms with Crippen molar-refractivity contribution in [2.24, 2.45) is 0 Å². The fourth-order valence-corrected chi connectivity index (χ4v) is 6.04. The molecule has 2 heterocycles. The molecule has 0 spiro atoms. The van der Waals surface area contributed by atoms with Crippen molar-refractivity contribution in [3.8, 4) is 5.75 Å². The molecule has 1 unspecified atom stereocenters. The fourth-order valence-electron chi connectivity index (χ4n) is 6.04. The zero-order chi connectivity index (χ0) is 30.3. The van der Waals surface area contributed by atoms with Crippen LogP contribution in [0.4, 0.5) is 0 Å². The highest BCUT2D eigenvalue weighted by atomic mass is 16.5. The van der Waals surface area contributed by atoms with E-state index >= 15 is 0 Å². The van der Waals surface area contributed by atoms with Gasteiger partial charge >= 0.3 is 0 Å². The average Bonchev–Trinajstić information content (AvgIpc) is 3.03. The second-order valence-corrected chi connectivity index (χ2v) is 11.5. The number of fused-ring (bicyclic) bond motifs is 2. The summed E-state index contributed by atoms with van der Waals surface area (Å²) in [5.74, 6) is 0.737. The summed E-state index contributed by atoms with van der Waals surface area (Å²) in [4.78, 5) is 42.2. The van der Waals surface area contributed by atoms with Crippen molar-refractivity contribution in [3.63, 3.8) is 0 Å². The van der Waals surface area contributed by atoms with Crippen molar-refractivity contribution in [2.75, 3.05) is 33.3 Å². The van der Waals surface area contributed by atoms with Gasteiger partial charge in [0.2, 0.25) is 5.91 Å². The summed E-state index contributed by atoms with van der Waals surface area (Å²) in [6.07, 6.45) is 2.59. The summed E-state index contributed by atoms with van der Waals surface area (Å²) in [5.41, 5.74) is 5.79. The number of ketones is 1. The molecule has 0 saturated carbocycles. The SMILES string of the molecule is CCC(=O)c1ccccc1OCCc1ccc(C2=C(C(=O)N(C)CCc3ccccc3)[C@H]3CN(C(C)=O)CC(C2)N3)cc1. The fraction of sp³-hybridized carbons (Fsp3) is 0.361. The zero-order valence-electron chi connectivity index (χ0n) is 25.3. The number of ether oxygens (including phenoxy) is 1. The lowest BCUT2D eigenvalue weighted by Gasteiger charge is -2.44. The number of para-hydroxylation sites is 1. The molecule has 224 valence electrons. The van der Waals surface area contributed by atoms with E-state index in [0.717, 1.165) is 28.7 Å². The van der Waals surface area contributed by atoms with Crippen molar-refractivity contribution in [1.29, 1.82) is 0 Å². The highest BCUT2D eigenvalue weighted by Crippen LogP contribution is 2.34. The van der Waals surface area contributed by atoms with Crippen LogP contribution in [-0.2, 0) is 22.4 Å². The van der Waals surface area contributed by atoms with E-state index in [4.69, 9.17) is 4.74 Å². The highest BCUT2D eigenvalue weighted by Gasteiger charge is 2.39. The molecule has 0 aromatic heterocycles. The molecule has 3 aromatic rings. The molecule has 7 heteroatoms. The predicted molar refractivity (Wildman–Crippen MR) is 169 cm³/mol. The Labute approximate surface area is 254 Å². The number of carbonyl (C=O) groups is 3. The maximum absolute atomic E-state index is 14.0. The lowest BCUT2D eigenvalue weighted by atomic mass is 9.82. The van der Waals surface area contributed by atoms with Gasteiger partial charge in [-0.05, 0) is 47.2 Å². The number of hydrogen-bond acceptors (Lipinski definition) is 5. The average molecular weight is 580 g/mol. The Morgan fingerprint density at radius 1 is 0.907 bits per heavy atom. The predicted octanol–water partition coefficient (Wildman–Crippen LogP) is 4.95. The Kier molecular flexibility index (Phi) is 9.72. The van der Waals surface area contributed by atoms with Crippen LogP contribution in [-0.4, -0.2) is 72.8 Å². The molecule has 1 N–H and O–H groups in total. The number of nitrogens with one attached hydrogen (secondary N) is 1. The van der Waals surface area contributed by atoms with E-state index in [1.54, 1.807) is 6.92 Å². The lowest BCUT2D eigenvalue weighted by Crippen LogP contribution is -2.61. The van der Waals surface area contributed by atoms with Crippen molar-refractivity contribution >= 4 is 23.2 Å². The summed E-state index contributed by atoms with van der Waals surface area (Å²) >= 11 is 0. The number of hydrogen-bond donors (Lipinski definition) is 1. The van der Waals surface area contributed by atoms with E-state index in [1.165, 1.54) is 5.56 Å². The van der Waals surface area contributed by atoms with E-state index in [0.29, 0.717) is 56.8 Å². The molecule has 0 radical (unpaired) electrons. The Balaban J connectivity index is 1.33. The van der Waals surface area contributed by atoms with Gasteiger partial charge in [0.1, 0.15) is 5.75 Å². The summed E-state index contributed by atoms with van der Waals surface area (Å²) in [6, 6.07) is 25.9. The van der Waals surface area contributed by atoms with Crippen molar-refractivity contribution < 1.29 is 19.1 Å². The minimum atomic E-state index is -0.211. The molecular formula is C36H41N3O4. The first-order valence-electron chi connectivity index (χ1n) is 15.2. The Bertz CT molecular complexity index is 1480. The van der Waals surface area contributed by atoms with Crippen LogP contribution >= 0.6 is 0 Å². The van der Waals surface area contributed by atoms with Crippen LogP contribution in [0.15, 0.2) is 84.4 Å². The van der Waals surface area contributed by atoms with Gasteiger partial charge in [-0.3, -0.25) is 14.4 Å². The van der Waals surface area contributed by atoms with Crippen molar-refractivity contribution in [2.45, 2.75) is 51.6 Å². The number of piperazine rings is 1. The third-order valence-corrected chi connectivity index (χ3v) is 8.47. The van der Waals surface area contributed by atoms with Gasteiger partial charge in [0, 0.05) is 58.1 Å². The largest absolute Gasteiger partial charge is 0.492 e. The van der Waals surface area contributed by atoms with Gasteiger partial charge < -0.3 is 19.9 Å². The molecule has 1 saturated heterocycles. The number of likely N-dealkylation sites (N-methyl/N-ethyl adjacent to an activating group) is 1. The minimum absolute atomic E-state index is 0.00468. The molecule has 43 heavy (non-hydrogen) atoms. The van der Waals surface area contributed by atoms with Crippen LogP contribution in [0, 0.1) is 0 Å². The molecule has 3 aromatic carbocycles. The quantitative estimate of drug-likeness (QED) is 0.326. The number of carbonyl (C=O) groups excluding carboxylic acids is 3. The van der Waals surface area contributed by atoms with Crippen LogP contribution in [0.5, 0.6) is 5.75 Å². The second kappa shape index (κ2) is 13.8. The van der Waals surface area contributed by atoms with Gasteiger partial charge in [-0.25, -0.2) is 0 Å². The van der Waals surface area contributed by atoms with E-state index in [1.807, 2.05) is 66.2 Å². The number of rotatable bonds is 11. The molecule has 2 amide bonds. The molecule has 2 bridgehead atoms. The van der Waals surface area contributed by atoms with E-state index in [2.05, 4.69) is 41.7 Å². The molecule has 7 nitrogen and oxygen atoms in total. The molecule has 2 atom stereocenters. The number of Topliss-reactive ketones (excluding diaryl/α,β-unsaturated/α-hetero) is 1. The maximum Gasteiger partial charge on any atom is 0.251 e. The van der Waals surface area contributed by atoms with E-state index < -0.39 is 0 Å². The van der Waals surface area contributed by atoms with E-state index in [-0.39, 0.29) is 29.7 Å². The minimum Gasteiger partial charge on any atom is -0.492 e. The molecule has 2 aliphatic rings. The first-order valence-corrected chi connectivity index (χ1v) is 15.2. The second-order valence-electron chi connectivity index (χ2n) is 11.5. The topological polar surface area (TPSA) is 79.0 Å². The molecular weight excluding hydrogens is 538 g/mol. The summed E-state index contributed by atoms with van der Waals surface area (Å²) in [5, 5.41) is 3.63. The molecule has 0 aliphatic carbocycles. The van der Waals surface area contributed by atoms with Crippen LogP contribution < -0.4 is 10.1 Å². The Morgan fingerprint density at radius 2 is 1.60 bits per heavy atom. The van der Waals surface area contributed by atoms with Crippen LogP contribution in [0.1, 0.15) is 53.7 Å². The molecule has 5 rings (SSSR count).